The van der Waals surface area contributed by atoms with Crippen LogP contribution in [0.4, 0.5) is 5.69 Å². The molecule has 116 valence electrons. The van der Waals surface area contributed by atoms with E-state index in [0.717, 1.165) is 23.8 Å². The maximum absolute atomic E-state index is 5.61. The largest absolute Gasteiger partial charge is 0.342 e. The highest BCUT2D eigenvalue weighted by Gasteiger charge is 2.14. The lowest BCUT2D eigenvalue weighted by atomic mass is 10.1. The zero-order valence-corrected chi connectivity index (χ0v) is 14.4. The van der Waals surface area contributed by atoms with E-state index >= 15 is 0 Å². The molecule has 0 aliphatic heterocycles. The highest BCUT2D eigenvalue weighted by atomic mass is 32.1. The van der Waals surface area contributed by atoms with Gasteiger partial charge in [0, 0.05) is 18.3 Å². The van der Waals surface area contributed by atoms with Crippen LogP contribution >= 0.6 is 12.2 Å². The first kappa shape index (κ1) is 16.5. The molecule has 0 radical (unpaired) electrons. The lowest BCUT2D eigenvalue weighted by Crippen LogP contribution is -2.39. The molecule has 22 heavy (non-hydrogen) atoms. The molecular weight excluding hydrogens is 288 g/mol. The lowest BCUT2D eigenvalue weighted by molar-refractivity contribution is 0.348. The Morgan fingerprint density at radius 2 is 1.64 bits per heavy atom. The molecule has 0 atom stereocenters. The van der Waals surface area contributed by atoms with Crippen molar-refractivity contribution in [2.75, 3.05) is 5.32 Å². The van der Waals surface area contributed by atoms with Crippen molar-refractivity contribution in [2.45, 2.75) is 39.8 Å². The molecule has 0 spiro atoms. The Morgan fingerprint density at radius 1 is 1.00 bits per heavy atom. The van der Waals surface area contributed by atoms with E-state index in [-0.39, 0.29) is 0 Å². The summed E-state index contributed by atoms with van der Waals surface area (Å²) in [6, 6.07) is 19.2. The zero-order chi connectivity index (χ0) is 15.9. The third-order valence-corrected chi connectivity index (χ3v) is 4.03. The minimum Gasteiger partial charge on any atom is -0.342 e. The molecule has 0 aliphatic rings. The molecule has 2 rings (SSSR count). The van der Waals surface area contributed by atoms with Gasteiger partial charge in [0.25, 0.3) is 0 Å². The maximum Gasteiger partial charge on any atom is 0.173 e. The minimum absolute atomic E-state index is 0.343. The monoisotopic (exact) mass is 312 g/mol. The van der Waals surface area contributed by atoms with E-state index < -0.39 is 0 Å². The number of hydrogen-bond donors (Lipinski definition) is 1. The normalized spacial score (nSPS) is 10.5. The Hall–Kier alpha value is -1.87. The number of thiocarbonyl (C=S) groups is 1. The number of anilines is 1. The molecule has 0 heterocycles. The third kappa shape index (κ3) is 4.57. The van der Waals surface area contributed by atoms with E-state index in [0.29, 0.717) is 6.04 Å². The van der Waals surface area contributed by atoms with E-state index in [1.165, 1.54) is 11.1 Å². The average Bonchev–Trinajstić information content (AvgIpc) is 2.54. The van der Waals surface area contributed by atoms with Gasteiger partial charge in [0.15, 0.2) is 5.11 Å². The van der Waals surface area contributed by atoms with Crippen molar-refractivity contribution in [1.82, 2.24) is 4.90 Å². The fourth-order valence-electron chi connectivity index (χ4n) is 2.29. The van der Waals surface area contributed by atoms with Gasteiger partial charge in [-0.3, -0.25) is 0 Å². The summed E-state index contributed by atoms with van der Waals surface area (Å²) in [5.74, 6) is 0. The van der Waals surface area contributed by atoms with Crippen molar-refractivity contribution in [3.05, 3.63) is 65.7 Å². The van der Waals surface area contributed by atoms with Crippen LogP contribution in [0.25, 0.3) is 0 Å². The SMILES string of the molecule is CCc1ccc(NC(=S)N(Cc2ccccc2)C(C)C)cc1. The summed E-state index contributed by atoms with van der Waals surface area (Å²) in [5.41, 5.74) is 3.64. The lowest BCUT2D eigenvalue weighted by Gasteiger charge is -2.30. The topological polar surface area (TPSA) is 15.3 Å². The predicted molar refractivity (Wildman–Crippen MR) is 99.2 cm³/mol. The van der Waals surface area contributed by atoms with E-state index in [9.17, 15) is 0 Å². The van der Waals surface area contributed by atoms with Gasteiger partial charge >= 0.3 is 0 Å². The van der Waals surface area contributed by atoms with Crippen molar-refractivity contribution >= 4 is 23.0 Å². The van der Waals surface area contributed by atoms with Crippen LogP contribution in [-0.4, -0.2) is 16.1 Å². The fourth-order valence-corrected chi connectivity index (χ4v) is 2.68. The van der Waals surface area contributed by atoms with E-state index in [1.54, 1.807) is 0 Å². The molecule has 2 nitrogen and oxygen atoms in total. The first-order valence-corrected chi connectivity index (χ1v) is 8.21. The molecule has 0 amide bonds. The first-order chi connectivity index (χ1) is 10.6. The first-order valence-electron chi connectivity index (χ1n) is 7.80. The van der Waals surface area contributed by atoms with Crippen molar-refractivity contribution in [3.8, 4) is 0 Å². The highest BCUT2D eigenvalue weighted by Crippen LogP contribution is 2.14. The van der Waals surface area contributed by atoms with E-state index in [1.807, 2.05) is 6.07 Å². The highest BCUT2D eigenvalue weighted by molar-refractivity contribution is 7.80. The Kier molecular flexibility index (Phi) is 5.96. The number of benzene rings is 2. The summed E-state index contributed by atoms with van der Waals surface area (Å²) < 4.78 is 0. The van der Waals surface area contributed by atoms with Gasteiger partial charge in [-0.15, -0.1) is 0 Å². The minimum atomic E-state index is 0.343. The van der Waals surface area contributed by atoms with Crippen LogP contribution in [0, 0.1) is 0 Å². The van der Waals surface area contributed by atoms with Crippen LogP contribution < -0.4 is 5.32 Å². The fraction of sp³-hybridized carbons (Fsp3) is 0.316. The van der Waals surface area contributed by atoms with Gasteiger partial charge in [-0.05, 0) is 55.7 Å². The Morgan fingerprint density at radius 3 is 2.18 bits per heavy atom. The molecule has 0 saturated carbocycles. The van der Waals surface area contributed by atoms with E-state index in [4.69, 9.17) is 12.2 Å². The van der Waals surface area contributed by atoms with Crippen LogP contribution in [0.3, 0.4) is 0 Å². The van der Waals surface area contributed by atoms with Gasteiger partial charge in [-0.25, -0.2) is 0 Å². The van der Waals surface area contributed by atoms with Crippen LogP contribution in [0.15, 0.2) is 54.6 Å². The molecule has 0 unspecified atom stereocenters. The summed E-state index contributed by atoms with van der Waals surface area (Å²) >= 11 is 5.61. The molecular formula is C19H24N2S. The zero-order valence-electron chi connectivity index (χ0n) is 13.5. The second-order valence-corrected chi connectivity index (χ2v) is 6.07. The summed E-state index contributed by atoms with van der Waals surface area (Å²) in [6.45, 7) is 7.30. The van der Waals surface area contributed by atoms with Crippen molar-refractivity contribution < 1.29 is 0 Å². The number of nitrogens with one attached hydrogen (secondary N) is 1. The predicted octanol–water partition coefficient (Wildman–Crippen LogP) is 4.86. The molecule has 1 N–H and O–H groups in total. The molecule has 2 aromatic rings. The molecule has 0 fully saturated rings. The standard InChI is InChI=1S/C19H24N2S/c1-4-16-10-12-18(13-11-16)20-19(22)21(15(2)3)14-17-8-6-5-7-9-17/h5-13,15H,4,14H2,1-3H3,(H,20,22). The molecule has 2 aromatic carbocycles. The molecule has 3 heteroatoms. The van der Waals surface area contributed by atoms with Gasteiger partial charge in [-0.1, -0.05) is 49.4 Å². The Labute approximate surface area is 139 Å². The van der Waals surface area contributed by atoms with Crippen LogP contribution in [0.2, 0.25) is 0 Å². The molecule has 0 bridgehead atoms. The molecule has 0 aromatic heterocycles. The Bertz CT molecular complexity index is 591. The summed E-state index contributed by atoms with van der Waals surface area (Å²) in [4.78, 5) is 2.21. The average molecular weight is 312 g/mol. The Balaban J connectivity index is 2.05. The van der Waals surface area contributed by atoms with Gasteiger partial charge in [0.2, 0.25) is 0 Å². The van der Waals surface area contributed by atoms with Gasteiger partial charge in [-0.2, -0.15) is 0 Å². The van der Waals surface area contributed by atoms with Crippen molar-refractivity contribution in [2.24, 2.45) is 0 Å². The number of hydrogen-bond acceptors (Lipinski definition) is 1. The number of aryl methyl sites for hydroxylation is 1. The summed E-state index contributed by atoms with van der Waals surface area (Å²) in [6.07, 6.45) is 1.05. The second-order valence-electron chi connectivity index (χ2n) is 5.69. The summed E-state index contributed by atoms with van der Waals surface area (Å²) in [5, 5.41) is 4.12. The van der Waals surface area contributed by atoms with Crippen molar-refractivity contribution in [1.29, 1.82) is 0 Å². The maximum atomic E-state index is 5.61. The smallest absolute Gasteiger partial charge is 0.173 e. The second kappa shape index (κ2) is 7.95. The van der Waals surface area contributed by atoms with Crippen LogP contribution in [0.1, 0.15) is 31.9 Å². The molecule has 0 aliphatic carbocycles. The third-order valence-electron chi connectivity index (χ3n) is 3.69. The van der Waals surface area contributed by atoms with Gasteiger partial charge in [0.1, 0.15) is 0 Å². The van der Waals surface area contributed by atoms with Crippen molar-refractivity contribution in [3.63, 3.8) is 0 Å². The number of rotatable bonds is 5. The number of nitrogens with zero attached hydrogens (tertiary/aromatic N) is 1. The van der Waals surface area contributed by atoms with Gasteiger partial charge < -0.3 is 10.2 Å². The summed E-state index contributed by atoms with van der Waals surface area (Å²) in [7, 11) is 0. The van der Waals surface area contributed by atoms with E-state index in [2.05, 4.69) is 79.5 Å². The quantitative estimate of drug-likeness (QED) is 0.794. The van der Waals surface area contributed by atoms with Crippen LogP contribution in [0.5, 0.6) is 0 Å². The van der Waals surface area contributed by atoms with Crippen LogP contribution in [-0.2, 0) is 13.0 Å². The van der Waals surface area contributed by atoms with Gasteiger partial charge in [0.05, 0.1) is 0 Å². The molecule has 0 saturated heterocycles.